The van der Waals surface area contributed by atoms with E-state index in [1.165, 1.54) is 0 Å². The third-order valence-electron chi connectivity index (χ3n) is 4.05. The predicted molar refractivity (Wildman–Crippen MR) is 103 cm³/mol. The van der Waals surface area contributed by atoms with Crippen molar-refractivity contribution in [3.8, 4) is 34.5 Å². The number of para-hydroxylation sites is 1. The van der Waals surface area contributed by atoms with Crippen LogP contribution in [0.2, 0.25) is 0 Å². The van der Waals surface area contributed by atoms with Crippen molar-refractivity contribution in [1.82, 2.24) is 15.1 Å². The lowest BCUT2D eigenvalue weighted by molar-refractivity contribution is 0.329. The maximum Gasteiger partial charge on any atom is 0.258 e. The van der Waals surface area contributed by atoms with Crippen LogP contribution in [-0.2, 0) is 0 Å². The van der Waals surface area contributed by atoms with Gasteiger partial charge in [0, 0.05) is 10.9 Å². The lowest BCUT2D eigenvalue weighted by Crippen LogP contribution is -1.98. The molecule has 0 amide bonds. The maximum atomic E-state index is 5.71. The fraction of sp³-hybridized carbons (Fsp3) is 0.190. The summed E-state index contributed by atoms with van der Waals surface area (Å²) in [6.07, 6.45) is 0. The first-order chi connectivity index (χ1) is 13.3. The van der Waals surface area contributed by atoms with Crippen LogP contribution in [0.1, 0.15) is 13.8 Å². The summed E-state index contributed by atoms with van der Waals surface area (Å²) >= 11 is 0. The molecule has 6 nitrogen and oxygen atoms in total. The Balaban J connectivity index is 1.72. The van der Waals surface area contributed by atoms with Crippen molar-refractivity contribution in [2.45, 2.75) is 13.8 Å². The summed E-state index contributed by atoms with van der Waals surface area (Å²) in [7, 11) is 0. The molecule has 2 heterocycles. The number of ether oxygens (including phenoxy) is 2. The SMILES string of the molecule is CCOc1ccc(-c2nc(-c3cc4ccccc4nc3OCC)no2)cc1. The topological polar surface area (TPSA) is 70.3 Å². The highest BCUT2D eigenvalue weighted by Crippen LogP contribution is 2.31. The molecule has 2 aromatic carbocycles. The Hall–Kier alpha value is -3.41. The van der Waals surface area contributed by atoms with Gasteiger partial charge in [0.2, 0.25) is 11.7 Å². The van der Waals surface area contributed by atoms with Crippen LogP contribution in [0.5, 0.6) is 11.6 Å². The van der Waals surface area contributed by atoms with Crippen LogP contribution in [0.25, 0.3) is 33.7 Å². The maximum absolute atomic E-state index is 5.71. The molecular formula is C21H19N3O3. The highest BCUT2D eigenvalue weighted by Gasteiger charge is 2.17. The van der Waals surface area contributed by atoms with E-state index in [0.29, 0.717) is 36.4 Å². The Bertz CT molecular complexity index is 1060. The van der Waals surface area contributed by atoms with E-state index in [0.717, 1.165) is 22.2 Å². The molecule has 4 rings (SSSR count). The fourth-order valence-electron chi connectivity index (χ4n) is 2.82. The molecule has 0 radical (unpaired) electrons. The lowest BCUT2D eigenvalue weighted by Gasteiger charge is -2.08. The van der Waals surface area contributed by atoms with Crippen molar-refractivity contribution in [1.29, 1.82) is 0 Å². The van der Waals surface area contributed by atoms with Crippen molar-refractivity contribution in [3.05, 3.63) is 54.6 Å². The summed E-state index contributed by atoms with van der Waals surface area (Å²) in [6, 6.07) is 17.4. The first-order valence-electron chi connectivity index (χ1n) is 8.88. The number of aromatic nitrogens is 3. The van der Waals surface area contributed by atoms with E-state index < -0.39 is 0 Å². The monoisotopic (exact) mass is 361 g/mol. The van der Waals surface area contributed by atoms with Crippen molar-refractivity contribution in [3.63, 3.8) is 0 Å². The molecule has 0 unspecified atom stereocenters. The van der Waals surface area contributed by atoms with E-state index in [4.69, 9.17) is 14.0 Å². The van der Waals surface area contributed by atoms with Crippen LogP contribution in [-0.4, -0.2) is 28.3 Å². The lowest BCUT2D eigenvalue weighted by atomic mass is 10.1. The Labute approximate surface area is 156 Å². The Kier molecular flexibility index (Phi) is 4.70. The van der Waals surface area contributed by atoms with Crippen LogP contribution in [0.4, 0.5) is 0 Å². The van der Waals surface area contributed by atoms with Gasteiger partial charge in [0.1, 0.15) is 5.75 Å². The van der Waals surface area contributed by atoms with Crippen molar-refractivity contribution < 1.29 is 14.0 Å². The molecule has 0 fully saturated rings. The molecule has 27 heavy (non-hydrogen) atoms. The number of benzene rings is 2. The second-order valence-electron chi connectivity index (χ2n) is 5.85. The molecule has 0 aliphatic carbocycles. The fourth-order valence-corrected chi connectivity index (χ4v) is 2.82. The van der Waals surface area contributed by atoms with Crippen molar-refractivity contribution in [2.24, 2.45) is 0 Å². The number of hydrogen-bond donors (Lipinski definition) is 0. The zero-order chi connectivity index (χ0) is 18.6. The zero-order valence-corrected chi connectivity index (χ0v) is 15.2. The molecule has 0 saturated carbocycles. The number of fused-ring (bicyclic) bond motifs is 1. The summed E-state index contributed by atoms with van der Waals surface area (Å²) in [5.74, 6) is 2.18. The molecule has 0 saturated heterocycles. The normalized spacial score (nSPS) is 10.9. The van der Waals surface area contributed by atoms with Gasteiger partial charge in [-0.15, -0.1) is 0 Å². The molecule has 0 N–H and O–H groups in total. The zero-order valence-electron chi connectivity index (χ0n) is 15.2. The average molecular weight is 361 g/mol. The van der Waals surface area contributed by atoms with Crippen LogP contribution < -0.4 is 9.47 Å². The molecule has 0 aliphatic heterocycles. The van der Waals surface area contributed by atoms with E-state index in [-0.39, 0.29) is 0 Å². The van der Waals surface area contributed by atoms with E-state index in [9.17, 15) is 0 Å². The number of nitrogens with zero attached hydrogens (tertiary/aromatic N) is 3. The van der Waals surface area contributed by atoms with Crippen molar-refractivity contribution in [2.75, 3.05) is 13.2 Å². The van der Waals surface area contributed by atoms with Crippen LogP contribution in [0.15, 0.2) is 59.1 Å². The molecule has 136 valence electrons. The number of hydrogen-bond acceptors (Lipinski definition) is 6. The second kappa shape index (κ2) is 7.45. The second-order valence-corrected chi connectivity index (χ2v) is 5.85. The first-order valence-corrected chi connectivity index (χ1v) is 8.88. The molecule has 0 atom stereocenters. The smallest absolute Gasteiger partial charge is 0.258 e. The van der Waals surface area contributed by atoms with E-state index in [1.807, 2.05) is 68.4 Å². The Morgan fingerprint density at radius 2 is 1.67 bits per heavy atom. The summed E-state index contributed by atoms with van der Waals surface area (Å²) < 4.78 is 16.6. The van der Waals surface area contributed by atoms with Gasteiger partial charge in [-0.1, -0.05) is 23.4 Å². The molecule has 4 aromatic rings. The summed E-state index contributed by atoms with van der Waals surface area (Å²) in [5.41, 5.74) is 2.39. The van der Waals surface area contributed by atoms with Gasteiger partial charge in [-0.25, -0.2) is 4.98 Å². The molecular weight excluding hydrogens is 342 g/mol. The van der Waals surface area contributed by atoms with Crippen molar-refractivity contribution >= 4 is 10.9 Å². The van der Waals surface area contributed by atoms with Gasteiger partial charge >= 0.3 is 0 Å². The molecule has 6 heteroatoms. The van der Waals surface area contributed by atoms with Gasteiger partial charge in [0.25, 0.3) is 5.89 Å². The molecule has 0 aliphatic rings. The Morgan fingerprint density at radius 1 is 0.889 bits per heavy atom. The minimum atomic E-state index is 0.434. The van der Waals surface area contributed by atoms with E-state index in [1.54, 1.807) is 0 Å². The standard InChI is InChI=1S/C21H19N3O3/c1-3-25-16-11-9-14(10-12-16)20-23-19(24-27-20)17-13-15-7-5-6-8-18(15)22-21(17)26-4-2/h5-13H,3-4H2,1-2H3. The third-order valence-corrected chi connectivity index (χ3v) is 4.05. The summed E-state index contributed by atoms with van der Waals surface area (Å²) in [4.78, 5) is 9.13. The average Bonchev–Trinajstić information content (AvgIpc) is 3.18. The summed E-state index contributed by atoms with van der Waals surface area (Å²) in [6.45, 7) is 5.00. The van der Waals surface area contributed by atoms with Gasteiger partial charge < -0.3 is 14.0 Å². The molecule has 0 spiro atoms. The van der Waals surface area contributed by atoms with Gasteiger partial charge in [0.05, 0.1) is 24.3 Å². The van der Waals surface area contributed by atoms with Gasteiger partial charge in [-0.2, -0.15) is 4.98 Å². The highest BCUT2D eigenvalue weighted by atomic mass is 16.5. The molecule has 2 aromatic heterocycles. The van der Waals surface area contributed by atoms with Gasteiger partial charge in [-0.05, 0) is 50.2 Å². The molecule has 0 bridgehead atoms. The third kappa shape index (κ3) is 3.46. The largest absolute Gasteiger partial charge is 0.494 e. The predicted octanol–water partition coefficient (Wildman–Crippen LogP) is 4.75. The van der Waals surface area contributed by atoms with Gasteiger partial charge in [0.15, 0.2) is 0 Å². The van der Waals surface area contributed by atoms with Crippen LogP contribution >= 0.6 is 0 Å². The van der Waals surface area contributed by atoms with E-state index >= 15 is 0 Å². The Morgan fingerprint density at radius 3 is 2.44 bits per heavy atom. The number of pyridine rings is 1. The summed E-state index contributed by atoms with van der Waals surface area (Å²) in [5, 5.41) is 5.12. The minimum absolute atomic E-state index is 0.434. The van der Waals surface area contributed by atoms with E-state index in [2.05, 4.69) is 15.1 Å². The number of rotatable bonds is 6. The van der Waals surface area contributed by atoms with Crippen LogP contribution in [0, 0.1) is 0 Å². The van der Waals surface area contributed by atoms with Gasteiger partial charge in [-0.3, -0.25) is 0 Å². The quantitative estimate of drug-likeness (QED) is 0.494. The highest BCUT2D eigenvalue weighted by molar-refractivity contribution is 5.85. The first kappa shape index (κ1) is 17.0. The van der Waals surface area contributed by atoms with Crippen LogP contribution in [0.3, 0.4) is 0 Å². The minimum Gasteiger partial charge on any atom is -0.494 e.